The van der Waals surface area contributed by atoms with Gasteiger partial charge in [0.1, 0.15) is 0 Å². The van der Waals surface area contributed by atoms with E-state index < -0.39 is 6.41 Å². The number of hydrogen-bond donors (Lipinski definition) is 0. The summed E-state index contributed by atoms with van der Waals surface area (Å²) in [5, 5.41) is 0. The smallest absolute Gasteiger partial charge is 0.258 e. The van der Waals surface area contributed by atoms with E-state index in [2.05, 4.69) is 43.1 Å². The minimum absolute atomic E-state index is 0.156. The van der Waals surface area contributed by atoms with Crippen molar-refractivity contribution in [2.75, 3.05) is 20.8 Å². The maximum atomic E-state index is 5.66. The van der Waals surface area contributed by atoms with Gasteiger partial charge < -0.3 is 14.2 Å². The minimum atomic E-state index is -0.434. The van der Waals surface area contributed by atoms with Crippen LogP contribution < -0.4 is 0 Å². The molecule has 5 atom stereocenters. The van der Waals surface area contributed by atoms with Crippen molar-refractivity contribution >= 4 is 5.71 Å². The lowest BCUT2D eigenvalue weighted by Gasteiger charge is -2.52. The van der Waals surface area contributed by atoms with Crippen LogP contribution in [-0.2, 0) is 14.2 Å². The van der Waals surface area contributed by atoms with Crippen LogP contribution in [0.25, 0.3) is 0 Å². The number of allylic oxidation sites excluding steroid dienone is 7. The fourth-order valence-electron chi connectivity index (χ4n) is 6.42. The number of rotatable bonds is 3. The van der Waals surface area contributed by atoms with Gasteiger partial charge in [-0.15, -0.1) is 0 Å². The van der Waals surface area contributed by atoms with Gasteiger partial charge in [0, 0.05) is 24.4 Å². The number of aliphatic imine (C=N–C) groups is 1. The molecule has 1 aliphatic heterocycles. The predicted octanol–water partition coefficient (Wildman–Crippen LogP) is 4.95. The van der Waals surface area contributed by atoms with Crippen LogP contribution >= 0.6 is 0 Å². The molecule has 28 heavy (non-hydrogen) atoms. The molecule has 4 heteroatoms. The number of hydrogen-bond acceptors (Lipinski definition) is 4. The van der Waals surface area contributed by atoms with Crippen molar-refractivity contribution in [3.8, 4) is 0 Å². The molecule has 150 valence electrons. The van der Waals surface area contributed by atoms with Gasteiger partial charge in [-0.1, -0.05) is 37.6 Å². The van der Waals surface area contributed by atoms with Gasteiger partial charge in [0.05, 0.1) is 25.2 Å². The van der Waals surface area contributed by atoms with Crippen molar-refractivity contribution in [2.24, 2.45) is 27.7 Å². The van der Waals surface area contributed by atoms with Gasteiger partial charge in [-0.25, -0.2) is 4.99 Å². The van der Waals surface area contributed by atoms with Crippen molar-refractivity contribution in [3.63, 3.8) is 0 Å². The molecule has 0 N–H and O–H groups in total. The van der Waals surface area contributed by atoms with Crippen LogP contribution in [0.15, 0.2) is 51.8 Å². The highest BCUT2D eigenvalue weighted by molar-refractivity contribution is 6.03. The second-order valence-electron chi connectivity index (χ2n) is 9.32. The van der Waals surface area contributed by atoms with Gasteiger partial charge in [-0.2, -0.15) is 0 Å². The van der Waals surface area contributed by atoms with E-state index >= 15 is 0 Å². The molecule has 0 bridgehead atoms. The van der Waals surface area contributed by atoms with E-state index in [9.17, 15) is 0 Å². The third-order valence-electron chi connectivity index (χ3n) is 8.09. The van der Waals surface area contributed by atoms with Gasteiger partial charge >= 0.3 is 0 Å². The van der Waals surface area contributed by atoms with E-state index in [0.29, 0.717) is 18.4 Å². The van der Waals surface area contributed by atoms with E-state index in [-0.39, 0.29) is 10.8 Å². The molecule has 0 saturated carbocycles. The molecular weight excluding hydrogens is 350 g/mol. The molecule has 0 aromatic rings. The number of ether oxygens (including phenoxy) is 3. The van der Waals surface area contributed by atoms with E-state index in [4.69, 9.17) is 14.2 Å². The van der Waals surface area contributed by atoms with Crippen LogP contribution in [0.2, 0.25) is 0 Å². The Morgan fingerprint density at radius 3 is 2.75 bits per heavy atom. The third kappa shape index (κ3) is 2.47. The fourth-order valence-corrected chi connectivity index (χ4v) is 6.42. The monoisotopic (exact) mass is 381 g/mol. The Hall–Kier alpha value is -1.65. The van der Waals surface area contributed by atoms with Crippen molar-refractivity contribution in [1.82, 2.24) is 0 Å². The van der Waals surface area contributed by atoms with Gasteiger partial charge in [0.2, 0.25) is 0 Å². The zero-order valence-corrected chi connectivity index (χ0v) is 17.5. The first-order chi connectivity index (χ1) is 13.5. The molecule has 0 aromatic heterocycles. The second kappa shape index (κ2) is 6.43. The highest BCUT2D eigenvalue weighted by Gasteiger charge is 2.53. The summed E-state index contributed by atoms with van der Waals surface area (Å²) in [6, 6.07) is 0. The average molecular weight is 382 g/mol. The summed E-state index contributed by atoms with van der Waals surface area (Å²) in [5.74, 6) is 2.40. The molecule has 5 aliphatic rings. The number of fused-ring (bicyclic) bond motifs is 5. The van der Waals surface area contributed by atoms with E-state index in [1.165, 1.54) is 11.1 Å². The van der Waals surface area contributed by atoms with Gasteiger partial charge in [0.25, 0.3) is 6.41 Å². The molecule has 0 spiro atoms. The van der Waals surface area contributed by atoms with Crippen LogP contribution in [0.3, 0.4) is 0 Å². The summed E-state index contributed by atoms with van der Waals surface area (Å²) in [6.07, 6.45) is 14.9. The summed E-state index contributed by atoms with van der Waals surface area (Å²) >= 11 is 0. The maximum absolute atomic E-state index is 5.66. The normalized spacial score (nSPS) is 41.7. The third-order valence-corrected chi connectivity index (χ3v) is 8.09. The largest absolute Gasteiger partial charge is 0.501 e. The molecule has 4 nitrogen and oxygen atoms in total. The molecule has 0 radical (unpaired) electrons. The van der Waals surface area contributed by atoms with E-state index in [1.807, 2.05) is 0 Å². The molecule has 1 heterocycles. The molecule has 0 saturated heterocycles. The summed E-state index contributed by atoms with van der Waals surface area (Å²) < 4.78 is 16.5. The van der Waals surface area contributed by atoms with Crippen molar-refractivity contribution in [2.45, 2.75) is 52.4 Å². The molecule has 0 aromatic carbocycles. The van der Waals surface area contributed by atoms with Crippen LogP contribution in [0.4, 0.5) is 0 Å². The summed E-state index contributed by atoms with van der Waals surface area (Å²) in [7, 11) is 3.45. The highest BCUT2D eigenvalue weighted by Crippen LogP contribution is 2.62. The number of nitrogens with zero attached hydrogens (tertiary/aromatic N) is 1. The standard InChI is InChI=1S/C24H31NO3/c1-23-11-9-16(26-3)13-15(23)5-6-17-18-7-8-20(21-14-28-22(25-21)27-4)24(18,2)12-10-19(17)23/h5,8,10,13,17-18,22H,6-7,9,11-12,14H2,1-4H3/t17-,18-,22?,23-,24-/m0/s1. The van der Waals surface area contributed by atoms with Crippen molar-refractivity contribution in [1.29, 1.82) is 0 Å². The highest BCUT2D eigenvalue weighted by atomic mass is 16.7. The van der Waals surface area contributed by atoms with E-state index in [1.54, 1.807) is 19.8 Å². The van der Waals surface area contributed by atoms with Crippen molar-refractivity contribution < 1.29 is 14.2 Å². The lowest BCUT2D eigenvalue weighted by molar-refractivity contribution is -0.0915. The first-order valence-corrected chi connectivity index (χ1v) is 10.6. The molecule has 0 fully saturated rings. The molecule has 4 aliphatic carbocycles. The minimum Gasteiger partial charge on any atom is -0.501 e. The number of methoxy groups -OCH3 is 2. The molecule has 0 amide bonds. The van der Waals surface area contributed by atoms with Crippen LogP contribution in [-0.4, -0.2) is 33.0 Å². The van der Waals surface area contributed by atoms with Crippen LogP contribution in [0.1, 0.15) is 46.0 Å². The van der Waals surface area contributed by atoms with Gasteiger partial charge in [0.15, 0.2) is 0 Å². The summed E-state index contributed by atoms with van der Waals surface area (Å²) in [4.78, 5) is 4.68. The lowest BCUT2D eigenvalue weighted by atomic mass is 9.52. The maximum Gasteiger partial charge on any atom is 0.258 e. The van der Waals surface area contributed by atoms with Gasteiger partial charge in [-0.3, -0.25) is 0 Å². The van der Waals surface area contributed by atoms with Gasteiger partial charge in [-0.05, 0) is 54.7 Å². The first kappa shape index (κ1) is 18.4. The molecule has 1 unspecified atom stereocenters. The predicted molar refractivity (Wildman–Crippen MR) is 110 cm³/mol. The Kier molecular flexibility index (Phi) is 4.22. The van der Waals surface area contributed by atoms with Crippen molar-refractivity contribution in [3.05, 3.63) is 46.8 Å². The average Bonchev–Trinajstić information content (AvgIpc) is 3.30. The Bertz CT molecular complexity index is 848. The Balaban J connectivity index is 1.47. The second-order valence-corrected chi connectivity index (χ2v) is 9.32. The Morgan fingerprint density at radius 1 is 1.14 bits per heavy atom. The Morgan fingerprint density at radius 2 is 2.00 bits per heavy atom. The zero-order chi connectivity index (χ0) is 19.5. The van der Waals surface area contributed by atoms with E-state index in [0.717, 1.165) is 43.6 Å². The topological polar surface area (TPSA) is 40.0 Å². The SMILES string of the molecule is COC1=CC2=CC[C@@H]3C(=CC[C@]4(C)C(C5=NC(OC)OC5)=CC[C@@H]34)[C@@]2(C)CC1. The zero-order valence-electron chi connectivity index (χ0n) is 17.5. The van der Waals surface area contributed by atoms with Crippen LogP contribution in [0, 0.1) is 22.7 Å². The quantitative estimate of drug-likeness (QED) is 0.650. The molecular formula is C24H31NO3. The summed E-state index contributed by atoms with van der Waals surface area (Å²) in [5.41, 5.74) is 5.96. The fraction of sp³-hybridized carbons (Fsp3) is 0.625. The van der Waals surface area contributed by atoms with Crippen LogP contribution in [0.5, 0.6) is 0 Å². The molecule has 5 rings (SSSR count). The Labute approximate surface area is 168 Å². The summed E-state index contributed by atoms with van der Waals surface area (Å²) in [6.45, 7) is 5.46. The first-order valence-electron chi connectivity index (χ1n) is 10.6. The lowest BCUT2D eigenvalue weighted by Crippen LogP contribution is -2.43.